The summed E-state index contributed by atoms with van der Waals surface area (Å²) in [6.45, 7) is 1.97. The highest BCUT2D eigenvalue weighted by molar-refractivity contribution is 6.05. The molecule has 0 spiro atoms. The summed E-state index contributed by atoms with van der Waals surface area (Å²) in [5.74, 6) is -0.185. The van der Waals surface area contributed by atoms with E-state index >= 15 is 0 Å². The summed E-state index contributed by atoms with van der Waals surface area (Å²) in [6.07, 6.45) is 0. The number of amides is 1. The molecule has 0 aliphatic heterocycles. The molecule has 0 fully saturated rings. The van der Waals surface area contributed by atoms with Gasteiger partial charge in [-0.3, -0.25) is 4.79 Å². The Hall–Kier alpha value is -2.69. The quantitative estimate of drug-likeness (QED) is 0.762. The maximum Gasteiger partial charge on any atom is 0.255 e. The minimum Gasteiger partial charge on any atom is -0.322 e. The number of aromatic nitrogens is 2. The Morgan fingerprint density at radius 2 is 1.95 bits per heavy atom. The molecule has 0 saturated heterocycles. The number of benzene rings is 2. The molecule has 0 bridgehead atoms. The topological polar surface area (TPSA) is 68.0 Å². The third-order valence-electron chi connectivity index (χ3n) is 2.79. The minimum absolute atomic E-state index is 0.185. The second-order valence-corrected chi connectivity index (χ2v) is 4.29. The van der Waals surface area contributed by atoms with Crippen molar-refractivity contribution in [2.45, 2.75) is 6.92 Å². The Morgan fingerprint density at radius 1 is 1.11 bits per heavy atom. The van der Waals surface area contributed by atoms with E-state index in [9.17, 15) is 4.79 Å². The lowest BCUT2D eigenvalue weighted by Crippen LogP contribution is -2.11. The van der Waals surface area contributed by atoms with Crippen LogP contribution >= 0.6 is 0 Å². The zero-order chi connectivity index (χ0) is 13.2. The van der Waals surface area contributed by atoms with Crippen LogP contribution in [-0.4, -0.2) is 16.2 Å². The summed E-state index contributed by atoms with van der Waals surface area (Å²) >= 11 is 0. The van der Waals surface area contributed by atoms with E-state index in [-0.39, 0.29) is 5.91 Å². The van der Waals surface area contributed by atoms with Crippen LogP contribution < -0.4 is 5.32 Å². The molecule has 5 nitrogen and oxygen atoms in total. The normalized spacial score (nSPS) is 10.6. The summed E-state index contributed by atoms with van der Waals surface area (Å²) in [5, 5.41) is 10.3. The Bertz CT molecular complexity index is 749. The van der Waals surface area contributed by atoms with Crippen molar-refractivity contribution in [2.75, 3.05) is 5.32 Å². The number of aryl methyl sites for hydroxylation is 1. The lowest BCUT2D eigenvalue weighted by molar-refractivity contribution is 0.102. The molecule has 0 aliphatic carbocycles. The van der Waals surface area contributed by atoms with Crippen molar-refractivity contribution in [3.8, 4) is 0 Å². The third kappa shape index (κ3) is 2.30. The standard InChI is InChI=1S/C14H11N3O2/c1-9-3-2-4-11(7-9)15-14(18)10-5-6-12-13(8-10)17-19-16-12/h2-8H,1H3,(H,15,18). The van der Waals surface area contributed by atoms with Crippen LogP contribution in [0.4, 0.5) is 5.69 Å². The lowest BCUT2D eigenvalue weighted by atomic mass is 10.1. The molecule has 5 heteroatoms. The van der Waals surface area contributed by atoms with Gasteiger partial charge in [0.1, 0.15) is 11.0 Å². The molecule has 2 aromatic carbocycles. The maximum absolute atomic E-state index is 12.1. The van der Waals surface area contributed by atoms with Gasteiger partial charge in [-0.25, -0.2) is 4.63 Å². The molecule has 0 saturated carbocycles. The van der Waals surface area contributed by atoms with Gasteiger partial charge in [-0.2, -0.15) is 0 Å². The average molecular weight is 253 g/mol. The second kappa shape index (κ2) is 4.53. The summed E-state index contributed by atoms with van der Waals surface area (Å²) in [4.78, 5) is 12.1. The fourth-order valence-electron chi connectivity index (χ4n) is 1.85. The molecule has 0 aliphatic rings. The first kappa shape index (κ1) is 11.4. The van der Waals surface area contributed by atoms with Gasteiger partial charge in [0.05, 0.1) is 0 Å². The van der Waals surface area contributed by atoms with Crippen molar-refractivity contribution in [1.82, 2.24) is 10.3 Å². The van der Waals surface area contributed by atoms with Crippen LogP contribution in [0.1, 0.15) is 15.9 Å². The number of nitrogens with one attached hydrogen (secondary N) is 1. The van der Waals surface area contributed by atoms with Gasteiger partial charge in [0, 0.05) is 11.3 Å². The summed E-state index contributed by atoms with van der Waals surface area (Å²) < 4.78 is 4.60. The van der Waals surface area contributed by atoms with E-state index in [1.807, 2.05) is 31.2 Å². The SMILES string of the molecule is Cc1cccc(NC(=O)c2ccc3nonc3c2)c1. The molecule has 19 heavy (non-hydrogen) atoms. The van der Waals surface area contributed by atoms with E-state index < -0.39 is 0 Å². The van der Waals surface area contributed by atoms with E-state index in [0.717, 1.165) is 11.3 Å². The van der Waals surface area contributed by atoms with Crippen LogP contribution in [0.5, 0.6) is 0 Å². The van der Waals surface area contributed by atoms with Crippen LogP contribution in [0.15, 0.2) is 47.1 Å². The molecule has 0 radical (unpaired) electrons. The molecule has 1 amide bonds. The Labute approximate surface area is 109 Å². The first-order chi connectivity index (χ1) is 9.22. The highest BCUT2D eigenvalue weighted by Crippen LogP contribution is 2.15. The minimum atomic E-state index is -0.185. The Kier molecular flexibility index (Phi) is 2.72. The molecular weight excluding hydrogens is 242 g/mol. The number of hydrogen-bond donors (Lipinski definition) is 1. The highest BCUT2D eigenvalue weighted by atomic mass is 16.6. The van der Waals surface area contributed by atoms with Crippen molar-refractivity contribution in [1.29, 1.82) is 0 Å². The summed E-state index contributed by atoms with van der Waals surface area (Å²) in [5.41, 5.74) is 3.58. The predicted molar refractivity (Wildman–Crippen MR) is 70.9 cm³/mol. The largest absolute Gasteiger partial charge is 0.322 e. The first-order valence-corrected chi connectivity index (χ1v) is 5.83. The molecule has 3 rings (SSSR count). The van der Waals surface area contributed by atoms with Crippen LogP contribution in [0.2, 0.25) is 0 Å². The van der Waals surface area contributed by atoms with E-state index in [0.29, 0.717) is 16.6 Å². The molecule has 0 unspecified atom stereocenters. The van der Waals surface area contributed by atoms with E-state index in [1.165, 1.54) is 0 Å². The Balaban J connectivity index is 1.87. The van der Waals surface area contributed by atoms with Crippen molar-refractivity contribution >= 4 is 22.6 Å². The predicted octanol–water partition coefficient (Wildman–Crippen LogP) is 2.78. The zero-order valence-electron chi connectivity index (χ0n) is 10.3. The van der Waals surface area contributed by atoms with Crippen molar-refractivity contribution in [3.05, 3.63) is 53.6 Å². The third-order valence-corrected chi connectivity index (χ3v) is 2.79. The van der Waals surface area contributed by atoms with Gasteiger partial charge >= 0.3 is 0 Å². The van der Waals surface area contributed by atoms with Crippen LogP contribution in [0.3, 0.4) is 0 Å². The Morgan fingerprint density at radius 3 is 2.79 bits per heavy atom. The molecule has 94 valence electrons. The van der Waals surface area contributed by atoms with E-state index in [4.69, 9.17) is 0 Å². The lowest BCUT2D eigenvalue weighted by Gasteiger charge is -2.05. The average Bonchev–Trinajstić information content (AvgIpc) is 2.85. The highest BCUT2D eigenvalue weighted by Gasteiger charge is 2.09. The number of nitrogens with zero attached hydrogens (tertiary/aromatic N) is 2. The smallest absolute Gasteiger partial charge is 0.255 e. The molecule has 1 heterocycles. The number of carbonyl (C=O) groups excluding carboxylic acids is 1. The van der Waals surface area contributed by atoms with Gasteiger partial charge in [0.25, 0.3) is 5.91 Å². The van der Waals surface area contributed by atoms with Gasteiger partial charge in [-0.1, -0.05) is 12.1 Å². The molecule has 3 aromatic rings. The molecular formula is C14H11N3O2. The zero-order valence-corrected chi connectivity index (χ0v) is 10.3. The van der Waals surface area contributed by atoms with E-state index in [2.05, 4.69) is 20.3 Å². The van der Waals surface area contributed by atoms with Crippen molar-refractivity contribution in [3.63, 3.8) is 0 Å². The second-order valence-electron chi connectivity index (χ2n) is 4.29. The number of anilines is 1. The summed E-state index contributed by atoms with van der Waals surface area (Å²) in [7, 11) is 0. The van der Waals surface area contributed by atoms with Crippen molar-refractivity contribution < 1.29 is 9.42 Å². The first-order valence-electron chi connectivity index (χ1n) is 5.83. The molecule has 1 aromatic heterocycles. The van der Waals surface area contributed by atoms with Gasteiger partial charge in [-0.05, 0) is 53.1 Å². The molecule has 0 atom stereocenters. The van der Waals surface area contributed by atoms with Crippen LogP contribution in [0, 0.1) is 6.92 Å². The monoisotopic (exact) mass is 253 g/mol. The van der Waals surface area contributed by atoms with Gasteiger partial charge < -0.3 is 5.32 Å². The van der Waals surface area contributed by atoms with Crippen molar-refractivity contribution in [2.24, 2.45) is 0 Å². The number of fused-ring (bicyclic) bond motifs is 1. The summed E-state index contributed by atoms with van der Waals surface area (Å²) in [6, 6.07) is 12.7. The van der Waals surface area contributed by atoms with E-state index in [1.54, 1.807) is 18.2 Å². The van der Waals surface area contributed by atoms with Gasteiger partial charge in [-0.15, -0.1) is 0 Å². The van der Waals surface area contributed by atoms with Gasteiger partial charge in [0.2, 0.25) is 0 Å². The van der Waals surface area contributed by atoms with Crippen LogP contribution in [0.25, 0.3) is 11.0 Å². The van der Waals surface area contributed by atoms with Gasteiger partial charge in [0.15, 0.2) is 0 Å². The number of rotatable bonds is 2. The number of carbonyl (C=O) groups is 1. The fraction of sp³-hybridized carbons (Fsp3) is 0.0714. The number of hydrogen-bond acceptors (Lipinski definition) is 4. The fourth-order valence-corrected chi connectivity index (χ4v) is 1.85. The maximum atomic E-state index is 12.1. The molecule has 1 N–H and O–H groups in total. The van der Waals surface area contributed by atoms with Crippen LogP contribution in [-0.2, 0) is 0 Å².